The third-order valence-electron chi connectivity index (χ3n) is 1.10. The first-order chi connectivity index (χ1) is 4.58. The van der Waals surface area contributed by atoms with Crippen LogP contribution in [0.3, 0.4) is 0 Å². The minimum absolute atomic E-state index is 0.394. The molecule has 0 amide bonds. The van der Waals surface area contributed by atoms with Crippen molar-refractivity contribution in [1.82, 2.24) is 4.31 Å². The molecule has 54 valence electrons. The Kier molecular flexibility index (Phi) is 1.67. The lowest BCUT2D eigenvalue weighted by Crippen LogP contribution is -2.17. The summed E-state index contributed by atoms with van der Waals surface area (Å²) in [6.07, 6.45) is 5.01. The number of rotatable bonds is 0. The number of allylic oxidation sites excluding steroid dienone is 1. The summed E-state index contributed by atoms with van der Waals surface area (Å²) in [5.74, 6) is 2.26. The van der Waals surface area contributed by atoms with E-state index >= 15 is 0 Å². The second kappa shape index (κ2) is 2.22. The maximum absolute atomic E-state index is 10.9. The molecule has 1 aliphatic rings. The Morgan fingerprint density at radius 3 is 2.60 bits per heavy atom. The molecule has 0 aromatic heterocycles. The maximum atomic E-state index is 10.9. The van der Waals surface area contributed by atoms with Crippen molar-refractivity contribution in [2.45, 2.75) is 0 Å². The van der Waals surface area contributed by atoms with Crippen LogP contribution in [0, 0.1) is 12.3 Å². The van der Waals surface area contributed by atoms with Crippen LogP contribution in [0.2, 0.25) is 0 Å². The summed E-state index contributed by atoms with van der Waals surface area (Å²) in [6, 6.07) is 0. The summed E-state index contributed by atoms with van der Waals surface area (Å²) in [6.45, 7) is 0. The molecule has 0 spiro atoms. The minimum atomic E-state index is -3.17. The molecule has 0 N–H and O–H groups in total. The molecule has 0 aliphatic carbocycles. The molecule has 0 bridgehead atoms. The largest absolute Gasteiger partial charge is 0.293 e. The minimum Gasteiger partial charge on any atom is -0.256 e. The van der Waals surface area contributed by atoms with E-state index < -0.39 is 9.06 Å². The van der Waals surface area contributed by atoms with E-state index in [2.05, 4.69) is 5.92 Å². The first-order valence-electron chi connectivity index (χ1n) is 2.42. The second-order valence-corrected chi connectivity index (χ2v) is 5.34. The third-order valence-corrected chi connectivity index (χ3v) is 4.22. The van der Waals surface area contributed by atoms with E-state index in [0.717, 1.165) is 15.1 Å². The van der Waals surface area contributed by atoms with E-state index in [1.165, 1.54) is 12.5 Å². The summed E-state index contributed by atoms with van der Waals surface area (Å²) in [7, 11) is -1.01. The van der Waals surface area contributed by atoms with Gasteiger partial charge in [0.25, 0.3) is 9.06 Å². The Morgan fingerprint density at radius 1 is 1.80 bits per heavy atom. The number of hydrogen-bond donors (Lipinski definition) is 0. The zero-order valence-corrected chi connectivity index (χ0v) is 6.87. The number of hydrogen-bond acceptors (Lipinski definition) is 3. The van der Waals surface area contributed by atoms with Crippen LogP contribution in [0.1, 0.15) is 0 Å². The average molecular weight is 175 g/mol. The van der Waals surface area contributed by atoms with Gasteiger partial charge in [-0.25, -0.2) is 0 Å². The van der Waals surface area contributed by atoms with Crippen molar-refractivity contribution in [2.24, 2.45) is 0 Å². The summed E-state index contributed by atoms with van der Waals surface area (Å²) < 4.78 is 22.8. The van der Waals surface area contributed by atoms with Crippen molar-refractivity contribution in [3.63, 3.8) is 0 Å². The second-order valence-electron chi connectivity index (χ2n) is 1.67. The first-order valence-corrected chi connectivity index (χ1v) is 5.25. The zero-order chi connectivity index (χ0) is 7.78. The van der Waals surface area contributed by atoms with Crippen LogP contribution in [0.4, 0.5) is 0 Å². The van der Waals surface area contributed by atoms with Crippen LogP contribution in [0.15, 0.2) is 11.1 Å². The van der Waals surface area contributed by atoms with Crippen LogP contribution in [0.5, 0.6) is 0 Å². The molecule has 1 rings (SSSR count). The Morgan fingerprint density at radius 2 is 2.40 bits per heavy atom. The maximum Gasteiger partial charge on any atom is 0.293 e. The Bertz CT molecular complexity index is 309. The van der Waals surface area contributed by atoms with Gasteiger partial charge in [-0.1, -0.05) is 5.92 Å². The van der Waals surface area contributed by atoms with E-state index in [1.54, 1.807) is 0 Å². The van der Waals surface area contributed by atoms with Gasteiger partial charge in [0, 0.05) is 23.2 Å². The summed E-state index contributed by atoms with van der Waals surface area (Å²) in [4.78, 5) is 0. The SMILES string of the molecule is C#CC1=CSS(=O)(=O)N1C. The van der Waals surface area contributed by atoms with Crippen molar-refractivity contribution in [3.8, 4) is 12.3 Å². The van der Waals surface area contributed by atoms with Crippen molar-refractivity contribution >= 4 is 19.8 Å². The van der Waals surface area contributed by atoms with Gasteiger partial charge in [-0.15, -0.1) is 6.42 Å². The van der Waals surface area contributed by atoms with Crippen LogP contribution in [-0.4, -0.2) is 19.8 Å². The number of terminal acetylenes is 1. The van der Waals surface area contributed by atoms with Crippen molar-refractivity contribution in [3.05, 3.63) is 11.1 Å². The molecule has 0 aromatic rings. The summed E-state index contributed by atoms with van der Waals surface area (Å²) in [5.41, 5.74) is 0.394. The molecular weight excluding hydrogens is 170 g/mol. The smallest absolute Gasteiger partial charge is 0.256 e. The third kappa shape index (κ3) is 1.00. The predicted octanol–water partition coefficient (Wildman–Crippen LogP) is 0.384. The molecular formula is C5H5NO2S2. The molecule has 0 radical (unpaired) electrons. The fraction of sp³-hybridized carbons (Fsp3) is 0.200. The van der Waals surface area contributed by atoms with Crippen LogP contribution in [-0.2, 0) is 9.06 Å². The molecule has 0 aromatic carbocycles. The highest BCUT2D eigenvalue weighted by Crippen LogP contribution is 2.29. The van der Waals surface area contributed by atoms with E-state index in [1.807, 2.05) is 0 Å². The van der Waals surface area contributed by atoms with Crippen LogP contribution in [0.25, 0.3) is 0 Å². The van der Waals surface area contributed by atoms with Crippen molar-refractivity contribution < 1.29 is 8.42 Å². The molecule has 0 unspecified atom stereocenters. The zero-order valence-electron chi connectivity index (χ0n) is 5.23. The van der Waals surface area contributed by atoms with Gasteiger partial charge in [-0.3, -0.25) is 4.31 Å². The van der Waals surface area contributed by atoms with E-state index in [4.69, 9.17) is 6.42 Å². The fourth-order valence-electron chi connectivity index (χ4n) is 0.491. The highest BCUT2D eigenvalue weighted by atomic mass is 33.1. The van der Waals surface area contributed by atoms with Gasteiger partial charge in [0.2, 0.25) is 0 Å². The Balaban J connectivity index is 3.04. The predicted molar refractivity (Wildman–Crippen MR) is 41.2 cm³/mol. The van der Waals surface area contributed by atoms with Gasteiger partial charge in [0.05, 0.1) is 0 Å². The van der Waals surface area contributed by atoms with E-state index in [-0.39, 0.29) is 0 Å². The topological polar surface area (TPSA) is 37.4 Å². The van der Waals surface area contributed by atoms with Gasteiger partial charge in [-0.05, 0) is 0 Å². The lowest BCUT2D eigenvalue weighted by Gasteiger charge is -2.08. The quantitative estimate of drug-likeness (QED) is 0.394. The summed E-state index contributed by atoms with van der Waals surface area (Å²) >= 11 is 0. The molecule has 0 fully saturated rings. The first kappa shape index (κ1) is 7.51. The average Bonchev–Trinajstić information content (AvgIpc) is 2.10. The van der Waals surface area contributed by atoms with Gasteiger partial charge >= 0.3 is 0 Å². The van der Waals surface area contributed by atoms with E-state index in [9.17, 15) is 8.42 Å². The van der Waals surface area contributed by atoms with Gasteiger partial charge in [0.1, 0.15) is 5.70 Å². The van der Waals surface area contributed by atoms with E-state index in [0.29, 0.717) is 5.70 Å². The molecule has 3 nitrogen and oxygen atoms in total. The molecule has 5 heteroatoms. The Hall–Kier alpha value is -0.600. The number of nitrogens with zero attached hydrogens (tertiary/aromatic N) is 1. The Labute approximate surface area is 63.5 Å². The van der Waals surface area contributed by atoms with Crippen LogP contribution < -0.4 is 0 Å². The van der Waals surface area contributed by atoms with Gasteiger partial charge < -0.3 is 0 Å². The monoisotopic (exact) mass is 175 g/mol. The standard InChI is InChI=1S/C5H5NO2S2/c1-3-5-4-9-10(7,8)6(5)2/h1,4H,2H3. The molecule has 0 saturated carbocycles. The molecule has 0 atom stereocenters. The highest BCUT2D eigenvalue weighted by Gasteiger charge is 2.25. The highest BCUT2D eigenvalue weighted by molar-refractivity contribution is 8.72. The van der Waals surface area contributed by atoms with Crippen molar-refractivity contribution in [1.29, 1.82) is 0 Å². The molecule has 10 heavy (non-hydrogen) atoms. The van der Waals surface area contributed by atoms with Gasteiger partial charge in [-0.2, -0.15) is 8.42 Å². The summed E-state index contributed by atoms with van der Waals surface area (Å²) in [5, 5.41) is 1.44. The lowest BCUT2D eigenvalue weighted by atomic mass is 10.5. The van der Waals surface area contributed by atoms with Crippen LogP contribution >= 0.6 is 10.8 Å². The van der Waals surface area contributed by atoms with Crippen molar-refractivity contribution in [2.75, 3.05) is 7.05 Å². The normalized spacial score (nSPS) is 22.0. The molecule has 0 saturated heterocycles. The lowest BCUT2D eigenvalue weighted by molar-refractivity contribution is 0.552. The fourth-order valence-corrected chi connectivity index (χ4v) is 2.74. The molecule has 1 aliphatic heterocycles. The molecule has 1 heterocycles. The van der Waals surface area contributed by atoms with Gasteiger partial charge in [0.15, 0.2) is 0 Å².